The van der Waals surface area contributed by atoms with Crippen molar-refractivity contribution in [2.75, 3.05) is 13.7 Å². The Morgan fingerprint density at radius 3 is 2.71 bits per heavy atom. The molecule has 1 aliphatic rings. The number of esters is 1. The summed E-state index contributed by atoms with van der Waals surface area (Å²) in [4.78, 5) is 11.2. The van der Waals surface area contributed by atoms with Crippen molar-refractivity contribution >= 4 is 27.6 Å². The summed E-state index contributed by atoms with van der Waals surface area (Å²) in [6.07, 6.45) is 0. The maximum absolute atomic E-state index is 12.1. The molecule has 7 heteroatoms. The van der Waals surface area contributed by atoms with E-state index in [4.69, 9.17) is 11.6 Å². The van der Waals surface area contributed by atoms with Gasteiger partial charge in [0.15, 0.2) is 0 Å². The highest BCUT2D eigenvalue weighted by Crippen LogP contribution is 2.32. The molecule has 5 nitrogen and oxygen atoms in total. The van der Waals surface area contributed by atoms with Gasteiger partial charge in [-0.3, -0.25) is 4.79 Å². The lowest BCUT2D eigenvalue weighted by molar-refractivity contribution is -0.140. The molecule has 0 bridgehead atoms. The molecule has 2 unspecified atom stereocenters. The fourth-order valence-electron chi connectivity index (χ4n) is 1.50. The molecule has 0 N–H and O–H groups in total. The number of hydrogen-bond donors (Lipinski definition) is 0. The van der Waals surface area contributed by atoms with E-state index in [1.807, 2.05) is 0 Å². The second-order valence-electron chi connectivity index (χ2n) is 3.54. The average molecular weight is 276 g/mol. The van der Waals surface area contributed by atoms with Crippen LogP contribution in [0.25, 0.3) is 0 Å². The SMILES string of the molecule is COC(=O)C1CN1S(=O)(=O)c1ccccc1Cl. The molecule has 92 valence electrons. The van der Waals surface area contributed by atoms with Crippen LogP contribution in [-0.4, -0.2) is 38.4 Å². The van der Waals surface area contributed by atoms with Crippen LogP contribution in [0.5, 0.6) is 0 Å². The third-order valence-corrected chi connectivity index (χ3v) is 4.84. The van der Waals surface area contributed by atoms with Gasteiger partial charge < -0.3 is 4.74 Å². The molecule has 1 fully saturated rings. The van der Waals surface area contributed by atoms with Gasteiger partial charge in [0.25, 0.3) is 0 Å². The van der Waals surface area contributed by atoms with E-state index in [-0.39, 0.29) is 16.5 Å². The van der Waals surface area contributed by atoms with Crippen molar-refractivity contribution < 1.29 is 17.9 Å². The molecule has 1 heterocycles. The summed E-state index contributed by atoms with van der Waals surface area (Å²) < 4.78 is 29.7. The summed E-state index contributed by atoms with van der Waals surface area (Å²) in [5.41, 5.74) is 0. The molecule has 2 atom stereocenters. The van der Waals surface area contributed by atoms with Gasteiger partial charge in [-0.05, 0) is 12.1 Å². The lowest BCUT2D eigenvalue weighted by atomic mass is 10.4. The van der Waals surface area contributed by atoms with Gasteiger partial charge in [0.05, 0.1) is 12.1 Å². The molecule has 0 saturated carbocycles. The monoisotopic (exact) mass is 275 g/mol. The number of nitrogens with zero attached hydrogens (tertiary/aromatic N) is 1. The van der Waals surface area contributed by atoms with Crippen LogP contribution < -0.4 is 0 Å². The van der Waals surface area contributed by atoms with Crippen LogP contribution in [0, 0.1) is 0 Å². The molecule has 1 saturated heterocycles. The maximum Gasteiger partial charge on any atom is 0.325 e. The van der Waals surface area contributed by atoms with Gasteiger partial charge in [-0.25, -0.2) is 8.42 Å². The van der Waals surface area contributed by atoms with Crippen LogP contribution in [0.1, 0.15) is 0 Å². The molecule has 1 aromatic rings. The summed E-state index contributed by atoms with van der Waals surface area (Å²) in [5.74, 6) is -0.555. The highest BCUT2D eigenvalue weighted by atomic mass is 35.5. The molecule has 0 aliphatic carbocycles. The standard InChI is InChI=1S/C10H10ClNO4S/c1-16-10(13)8-6-12(8)17(14,15)9-5-3-2-4-7(9)11/h2-5,8H,6H2,1H3. The van der Waals surface area contributed by atoms with Crippen molar-refractivity contribution in [2.24, 2.45) is 0 Å². The van der Waals surface area contributed by atoms with Crippen LogP contribution in [0.15, 0.2) is 29.2 Å². The van der Waals surface area contributed by atoms with Gasteiger partial charge in [0.2, 0.25) is 10.0 Å². The Kier molecular flexibility index (Phi) is 3.11. The second kappa shape index (κ2) is 4.29. The molecule has 1 aromatic carbocycles. The number of methoxy groups -OCH3 is 1. The van der Waals surface area contributed by atoms with Crippen LogP contribution in [-0.2, 0) is 19.6 Å². The molecule has 0 aromatic heterocycles. The molecule has 2 rings (SSSR count). The van der Waals surface area contributed by atoms with Crippen LogP contribution in [0.2, 0.25) is 5.02 Å². The summed E-state index contributed by atoms with van der Waals surface area (Å²) in [6.45, 7) is 0.139. The quantitative estimate of drug-likeness (QED) is 0.607. The fraction of sp³-hybridized carbons (Fsp3) is 0.300. The largest absolute Gasteiger partial charge is 0.468 e. The number of hydrogen-bond acceptors (Lipinski definition) is 4. The van der Waals surface area contributed by atoms with Crippen LogP contribution >= 0.6 is 11.6 Å². The van der Waals surface area contributed by atoms with Gasteiger partial charge in [0.1, 0.15) is 10.9 Å². The highest BCUT2D eigenvalue weighted by Gasteiger charge is 2.50. The van der Waals surface area contributed by atoms with Gasteiger partial charge in [-0.2, -0.15) is 4.31 Å². The topological polar surface area (TPSA) is 63.5 Å². The number of sulfonamides is 1. The fourth-order valence-corrected chi connectivity index (χ4v) is 3.50. The van der Waals surface area contributed by atoms with Crippen molar-refractivity contribution in [1.82, 2.24) is 4.31 Å². The zero-order valence-corrected chi connectivity index (χ0v) is 10.5. The van der Waals surface area contributed by atoms with Crippen molar-refractivity contribution in [3.8, 4) is 0 Å². The summed E-state index contributed by atoms with van der Waals surface area (Å²) in [6, 6.07) is 5.40. The molecule has 1 aliphatic heterocycles. The molecular weight excluding hydrogens is 266 g/mol. The minimum absolute atomic E-state index is 0.00747. The van der Waals surface area contributed by atoms with Gasteiger partial charge in [-0.15, -0.1) is 0 Å². The first-order chi connectivity index (χ1) is 7.98. The van der Waals surface area contributed by atoms with Gasteiger partial charge in [-0.1, -0.05) is 23.7 Å². The highest BCUT2D eigenvalue weighted by molar-refractivity contribution is 7.89. The van der Waals surface area contributed by atoms with Crippen LogP contribution in [0.3, 0.4) is 0 Å². The van der Waals surface area contributed by atoms with E-state index in [2.05, 4.69) is 4.74 Å². The predicted octanol–water partition coefficient (Wildman–Crippen LogP) is 0.886. The Labute approximate surface area is 104 Å². The first-order valence-corrected chi connectivity index (χ1v) is 6.64. The lowest BCUT2D eigenvalue weighted by Crippen LogP contribution is -2.20. The normalized spacial score (nSPS) is 23.2. The Hall–Kier alpha value is -1.11. The Balaban J connectivity index is 2.29. The zero-order chi connectivity index (χ0) is 12.6. The third kappa shape index (κ3) is 2.15. The first kappa shape index (κ1) is 12.3. The average Bonchev–Trinajstić information content (AvgIpc) is 3.09. The van der Waals surface area contributed by atoms with Crippen molar-refractivity contribution in [2.45, 2.75) is 10.9 Å². The summed E-state index contributed by atoms with van der Waals surface area (Å²) in [5, 5.41) is 0.142. The van der Waals surface area contributed by atoms with Crippen LogP contribution in [0.4, 0.5) is 0 Å². The minimum Gasteiger partial charge on any atom is -0.468 e. The molecular formula is C10H10ClNO4S. The Morgan fingerprint density at radius 2 is 2.12 bits per heavy atom. The van der Waals surface area contributed by atoms with E-state index in [1.54, 1.807) is 12.1 Å². The summed E-state index contributed by atoms with van der Waals surface area (Å²) >= 11 is 5.82. The van der Waals surface area contributed by atoms with E-state index >= 15 is 0 Å². The van der Waals surface area contributed by atoms with Crippen molar-refractivity contribution in [1.29, 1.82) is 0 Å². The van der Waals surface area contributed by atoms with E-state index in [9.17, 15) is 13.2 Å². The second-order valence-corrected chi connectivity index (χ2v) is 5.81. The Bertz CT molecular complexity index is 557. The van der Waals surface area contributed by atoms with E-state index in [0.29, 0.717) is 0 Å². The lowest BCUT2D eigenvalue weighted by Gasteiger charge is -2.07. The van der Waals surface area contributed by atoms with E-state index in [0.717, 1.165) is 4.31 Å². The van der Waals surface area contributed by atoms with E-state index < -0.39 is 22.0 Å². The number of rotatable bonds is 3. The van der Waals surface area contributed by atoms with Gasteiger partial charge >= 0.3 is 5.97 Å². The van der Waals surface area contributed by atoms with Crippen molar-refractivity contribution in [3.05, 3.63) is 29.3 Å². The first-order valence-electron chi connectivity index (χ1n) is 4.82. The third-order valence-electron chi connectivity index (χ3n) is 2.46. The molecule has 0 radical (unpaired) electrons. The van der Waals surface area contributed by atoms with Crippen molar-refractivity contribution in [3.63, 3.8) is 0 Å². The molecule has 0 spiro atoms. The number of carbonyl (C=O) groups excluding carboxylic acids is 1. The Morgan fingerprint density at radius 1 is 1.47 bits per heavy atom. The predicted molar refractivity (Wildman–Crippen MR) is 61.1 cm³/mol. The number of carbonyl (C=O) groups is 1. The smallest absolute Gasteiger partial charge is 0.325 e. The number of benzene rings is 1. The zero-order valence-electron chi connectivity index (χ0n) is 8.96. The van der Waals surface area contributed by atoms with Gasteiger partial charge in [0, 0.05) is 6.54 Å². The number of halogens is 1. The summed E-state index contributed by atoms with van der Waals surface area (Å²) in [7, 11) is -2.48. The van der Waals surface area contributed by atoms with E-state index in [1.165, 1.54) is 19.2 Å². The minimum atomic E-state index is -3.70. The molecule has 17 heavy (non-hydrogen) atoms. The maximum atomic E-state index is 12.1. The number of ether oxygens (including phenoxy) is 1. The molecule has 0 amide bonds.